The summed E-state index contributed by atoms with van der Waals surface area (Å²) in [7, 11) is 0. The van der Waals surface area contributed by atoms with Crippen LogP contribution in [0.3, 0.4) is 0 Å². The molecule has 20 heavy (non-hydrogen) atoms. The molecule has 0 spiro atoms. The van der Waals surface area contributed by atoms with Crippen LogP contribution in [-0.2, 0) is 19.1 Å². The predicted octanol–water partition coefficient (Wildman–Crippen LogP) is -1.87. The van der Waals surface area contributed by atoms with Crippen LogP contribution in [0.1, 0.15) is 6.42 Å². The van der Waals surface area contributed by atoms with E-state index in [2.05, 4.69) is 5.32 Å². The van der Waals surface area contributed by atoms with E-state index < -0.39 is 29.5 Å². The molecule has 2 aliphatic rings. The van der Waals surface area contributed by atoms with Crippen molar-refractivity contribution in [3.63, 3.8) is 0 Å². The Balaban J connectivity index is 2.09. The number of ether oxygens (including phenoxy) is 2. The molecule has 112 valence electrons. The average molecular weight is 287 g/mol. The zero-order chi connectivity index (χ0) is 14.8. The van der Waals surface area contributed by atoms with Gasteiger partial charge in [-0.1, -0.05) is 0 Å². The summed E-state index contributed by atoms with van der Waals surface area (Å²) in [5, 5.41) is 11.7. The summed E-state index contributed by atoms with van der Waals surface area (Å²) in [5.41, 5.74) is 3.77. The average Bonchev–Trinajstić information content (AvgIpc) is 2.88. The van der Waals surface area contributed by atoms with E-state index in [0.717, 1.165) is 0 Å². The Morgan fingerprint density at radius 1 is 1.30 bits per heavy atom. The number of carboxylic acids is 1. The van der Waals surface area contributed by atoms with Crippen LogP contribution in [-0.4, -0.2) is 72.5 Å². The van der Waals surface area contributed by atoms with Crippen LogP contribution >= 0.6 is 0 Å². The number of hydrogen-bond acceptors (Lipinski definition) is 5. The van der Waals surface area contributed by atoms with Crippen LogP contribution in [0.5, 0.6) is 0 Å². The summed E-state index contributed by atoms with van der Waals surface area (Å²) in [4.78, 5) is 36.0. The Kier molecular flexibility index (Phi) is 4.09. The van der Waals surface area contributed by atoms with E-state index in [9.17, 15) is 19.5 Å². The van der Waals surface area contributed by atoms with Gasteiger partial charge < -0.3 is 30.5 Å². The maximum absolute atomic E-state index is 12.2. The van der Waals surface area contributed by atoms with Crippen molar-refractivity contribution in [1.82, 2.24) is 10.2 Å². The number of primary amides is 1. The molecule has 0 aromatic carbocycles. The van der Waals surface area contributed by atoms with Crippen LogP contribution in [0.4, 0.5) is 4.79 Å². The predicted molar refractivity (Wildman–Crippen MR) is 64.8 cm³/mol. The van der Waals surface area contributed by atoms with Gasteiger partial charge in [0.15, 0.2) is 5.54 Å². The maximum Gasteiger partial charge on any atom is 0.332 e. The number of aliphatic carboxylic acids is 1. The minimum Gasteiger partial charge on any atom is -0.479 e. The van der Waals surface area contributed by atoms with Crippen molar-refractivity contribution < 1.29 is 29.0 Å². The Morgan fingerprint density at radius 3 is 2.60 bits per heavy atom. The second-order valence-electron chi connectivity index (χ2n) is 4.81. The lowest BCUT2D eigenvalue weighted by Crippen LogP contribution is -2.63. The summed E-state index contributed by atoms with van der Waals surface area (Å²) in [6, 6.07) is -1.54. The number of morpholine rings is 1. The van der Waals surface area contributed by atoms with E-state index in [-0.39, 0.29) is 39.4 Å². The van der Waals surface area contributed by atoms with E-state index in [1.165, 1.54) is 4.90 Å². The standard InChI is InChI=1S/C11H17N3O6/c12-8(15)7-5-19-4-2-14(7)10(18)13-11(9(16)17)1-3-20-6-11/h7H,1-6H2,(H2,12,15)(H,13,18)(H,16,17). The highest BCUT2D eigenvalue weighted by Gasteiger charge is 2.45. The van der Waals surface area contributed by atoms with Crippen LogP contribution < -0.4 is 11.1 Å². The van der Waals surface area contributed by atoms with Gasteiger partial charge in [0.2, 0.25) is 5.91 Å². The van der Waals surface area contributed by atoms with Crippen molar-refractivity contribution in [3.05, 3.63) is 0 Å². The van der Waals surface area contributed by atoms with Crippen LogP contribution in [0.15, 0.2) is 0 Å². The second-order valence-corrected chi connectivity index (χ2v) is 4.81. The van der Waals surface area contributed by atoms with Gasteiger partial charge in [0.25, 0.3) is 0 Å². The molecule has 2 heterocycles. The normalized spacial score (nSPS) is 30.0. The van der Waals surface area contributed by atoms with E-state index in [1.54, 1.807) is 0 Å². The third-order valence-electron chi connectivity index (χ3n) is 3.49. The largest absolute Gasteiger partial charge is 0.479 e. The van der Waals surface area contributed by atoms with E-state index >= 15 is 0 Å². The fraction of sp³-hybridized carbons (Fsp3) is 0.727. The van der Waals surface area contributed by atoms with Gasteiger partial charge >= 0.3 is 12.0 Å². The topological polar surface area (TPSA) is 131 Å². The summed E-state index contributed by atoms with van der Waals surface area (Å²) >= 11 is 0. The highest BCUT2D eigenvalue weighted by atomic mass is 16.5. The molecule has 4 N–H and O–H groups in total. The number of nitrogens with two attached hydrogens (primary N) is 1. The Morgan fingerprint density at radius 2 is 2.05 bits per heavy atom. The first-order valence-electron chi connectivity index (χ1n) is 6.23. The SMILES string of the molecule is NC(=O)C1COCCN1C(=O)NC1(C(=O)O)CCOC1. The van der Waals surface area contributed by atoms with Crippen LogP contribution in [0, 0.1) is 0 Å². The van der Waals surface area contributed by atoms with Crippen molar-refractivity contribution in [2.75, 3.05) is 33.0 Å². The lowest BCUT2D eigenvalue weighted by atomic mass is 9.99. The number of carbonyl (C=O) groups excluding carboxylic acids is 2. The van der Waals surface area contributed by atoms with Crippen molar-refractivity contribution >= 4 is 17.9 Å². The molecule has 9 nitrogen and oxygen atoms in total. The van der Waals surface area contributed by atoms with Crippen molar-refractivity contribution in [2.45, 2.75) is 18.0 Å². The van der Waals surface area contributed by atoms with E-state index in [0.29, 0.717) is 0 Å². The van der Waals surface area contributed by atoms with Gasteiger partial charge in [-0.15, -0.1) is 0 Å². The van der Waals surface area contributed by atoms with Crippen molar-refractivity contribution in [1.29, 1.82) is 0 Å². The molecule has 9 heteroatoms. The first-order valence-corrected chi connectivity index (χ1v) is 6.23. The molecule has 0 aliphatic carbocycles. The number of carbonyl (C=O) groups is 3. The monoisotopic (exact) mass is 287 g/mol. The zero-order valence-corrected chi connectivity index (χ0v) is 10.8. The zero-order valence-electron chi connectivity index (χ0n) is 10.8. The van der Waals surface area contributed by atoms with Gasteiger partial charge in [0.05, 0.1) is 19.8 Å². The minimum atomic E-state index is -1.45. The quantitative estimate of drug-likeness (QED) is 0.557. The van der Waals surface area contributed by atoms with Gasteiger partial charge in [0.1, 0.15) is 6.04 Å². The molecule has 0 aromatic rings. The number of hydrogen-bond donors (Lipinski definition) is 3. The summed E-state index contributed by atoms with van der Waals surface area (Å²) in [5.74, 6) is -1.85. The molecular formula is C11H17N3O6. The number of nitrogens with zero attached hydrogens (tertiary/aromatic N) is 1. The van der Waals surface area contributed by atoms with Crippen LogP contribution in [0.2, 0.25) is 0 Å². The highest BCUT2D eigenvalue weighted by Crippen LogP contribution is 2.20. The molecule has 2 aliphatic heterocycles. The first kappa shape index (κ1) is 14.5. The van der Waals surface area contributed by atoms with Gasteiger partial charge in [-0.05, 0) is 0 Å². The van der Waals surface area contributed by atoms with Gasteiger partial charge in [-0.25, -0.2) is 9.59 Å². The fourth-order valence-electron chi connectivity index (χ4n) is 2.24. The molecule has 3 amide bonds. The van der Waals surface area contributed by atoms with E-state index in [1.807, 2.05) is 0 Å². The molecular weight excluding hydrogens is 270 g/mol. The number of carboxylic acid groups (broad SMARTS) is 1. The molecule has 2 fully saturated rings. The third-order valence-corrected chi connectivity index (χ3v) is 3.49. The number of rotatable bonds is 3. The molecule has 0 radical (unpaired) electrons. The number of urea groups is 1. The summed E-state index contributed by atoms with van der Waals surface area (Å²) in [6.45, 7) is 0.623. The molecule has 2 atom stereocenters. The lowest BCUT2D eigenvalue weighted by molar-refractivity contribution is -0.144. The van der Waals surface area contributed by atoms with Gasteiger partial charge in [-0.3, -0.25) is 4.79 Å². The summed E-state index contributed by atoms with van der Waals surface area (Å²) < 4.78 is 10.2. The third kappa shape index (κ3) is 2.68. The highest BCUT2D eigenvalue weighted by molar-refractivity contribution is 5.90. The van der Waals surface area contributed by atoms with E-state index in [4.69, 9.17) is 15.2 Å². The number of nitrogens with one attached hydrogen (secondary N) is 1. The number of amides is 3. The van der Waals surface area contributed by atoms with Crippen LogP contribution in [0.25, 0.3) is 0 Å². The van der Waals surface area contributed by atoms with Crippen molar-refractivity contribution in [2.24, 2.45) is 5.73 Å². The van der Waals surface area contributed by atoms with Crippen molar-refractivity contribution in [3.8, 4) is 0 Å². The van der Waals surface area contributed by atoms with Gasteiger partial charge in [0, 0.05) is 19.6 Å². The lowest BCUT2D eigenvalue weighted by Gasteiger charge is -2.36. The molecule has 2 rings (SSSR count). The molecule has 0 bridgehead atoms. The molecule has 0 aromatic heterocycles. The second kappa shape index (κ2) is 5.63. The molecule has 2 unspecified atom stereocenters. The smallest absolute Gasteiger partial charge is 0.332 e. The molecule has 2 saturated heterocycles. The summed E-state index contributed by atoms with van der Waals surface area (Å²) in [6.07, 6.45) is 0.180. The maximum atomic E-state index is 12.2. The molecule has 0 saturated carbocycles. The minimum absolute atomic E-state index is 0.0132. The first-order chi connectivity index (χ1) is 9.46. The fourth-order valence-corrected chi connectivity index (χ4v) is 2.24. The Bertz CT molecular complexity index is 420. The Labute approximate surface area is 115 Å². The van der Waals surface area contributed by atoms with Gasteiger partial charge in [-0.2, -0.15) is 0 Å². The Hall–Kier alpha value is -1.87.